The van der Waals surface area contributed by atoms with E-state index >= 15 is 0 Å². The zero-order valence-electron chi connectivity index (χ0n) is 11.6. The molecule has 21 heavy (non-hydrogen) atoms. The number of hydrogen-bond donors (Lipinski definition) is 1. The van der Waals surface area contributed by atoms with Crippen LogP contribution in [0.4, 0.5) is 18.9 Å². The molecular weight excluding hydrogens is 295 g/mol. The molecule has 0 aliphatic carbocycles. The van der Waals surface area contributed by atoms with E-state index in [1.165, 1.54) is 12.1 Å². The Kier molecular flexibility index (Phi) is 5.17. The first kappa shape index (κ1) is 15.8. The van der Waals surface area contributed by atoms with Crippen molar-refractivity contribution in [1.82, 2.24) is 0 Å². The molecule has 0 unspecified atom stereocenters. The molecule has 1 N–H and O–H groups in total. The van der Waals surface area contributed by atoms with E-state index < -0.39 is 11.7 Å². The van der Waals surface area contributed by atoms with Crippen LogP contribution in [0.2, 0.25) is 0 Å². The highest BCUT2D eigenvalue weighted by Gasteiger charge is 2.29. The molecule has 0 aromatic heterocycles. The minimum Gasteiger partial charge on any atom is -0.380 e. The van der Waals surface area contributed by atoms with Gasteiger partial charge in [0.2, 0.25) is 0 Å². The van der Waals surface area contributed by atoms with Gasteiger partial charge in [0.1, 0.15) is 0 Å². The van der Waals surface area contributed by atoms with Gasteiger partial charge < -0.3 is 5.32 Å². The monoisotopic (exact) mass is 311 g/mol. The van der Waals surface area contributed by atoms with Crippen LogP contribution in [0, 0.1) is 0 Å². The van der Waals surface area contributed by atoms with Gasteiger partial charge in [-0.3, -0.25) is 0 Å². The fraction of sp³-hybridized carbons (Fsp3) is 0.250. The summed E-state index contributed by atoms with van der Waals surface area (Å²) in [6.45, 7) is 2.58. The zero-order chi connectivity index (χ0) is 15.3. The molecule has 0 spiro atoms. The standard InChI is InChI=1S/C16H16F3NS/c1-2-21-15-6-4-3-5-14(15)20-11-12-7-9-13(10-8-12)16(17,18)19/h3-10,20H,2,11H2,1H3. The highest BCUT2D eigenvalue weighted by molar-refractivity contribution is 7.99. The highest BCUT2D eigenvalue weighted by atomic mass is 32.2. The Balaban J connectivity index is 2.03. The van der Waals surface area contributed by atoms with Gasteiger partial charge in [0.25, 0.3) is 0 Å². The van der Waals surface area contributed by atoms with Gasteiger partial charge in [-0.25, -0.2) is 0 Å². The average molecular weight is 311 g/mol. The topological polar surface area (TPSA) is 12.0 Å². The second-order valence-electron chi connectivity index (χ2n) is 4.48. The van der Waals surface area contributed by atoms with Crippen molar-refractivity contribution in [3.8, 4) is 0 Å². The first-order valence-corrected chi connectivity index (χ1v) is 7.61. The number of hydrogen-bond acceptors (Lipinski definition) is 2. The Bertz CT molecular complexity index is 579. The van der Waals surface area contributed by atoms with Crippen molar-refractivity contribution < 1.29 is 13.2 Å². The Morgan fingerprint density at radius 1 is 1.00 bits per heavy atom. The molecule has 1 nitrogen and oxygen atoms in total. The summed E-state index contributed by atoms with van der Waals surface area (Å²) < 4.78 is 37.5. The maximum absolute atomic E-state index is 12.5. The number of anilines is 1. The summed E-state index contributed by atoms with van der Waals surface area (Å²) in [4.78, 5) is 1.15. The summed E-state index contributed by atoms with van der Waals surface area (Å²) >= 11 is 1.73. The lowest BCUT2D eigenvalue weighted by atomic mass is 10.1. The third-order valence-corrected chi connectivity index (χ3v) is 3.91. The predicted molar refractivity (Wildman–Crippen MR) is 81.6 cm³/mol. The van der Waals surface area contributed by atoms with Crippen molar-refractivity contribution in [3.05, 3.63) is 59.7 Å². The van der Waals surface area contributed by atoms with Gasteiger partial charge in [-0.2, -0.15) is 13.2 Å². The Hall–Kier alpha value is -1.62. The molecule has 0 radical (unpaired) electrons. The maximum atomic E-state index is 12.5. The molecule has 0 bridgehead atoms. The Labute approximate surface area is 126 Å². The van der Waals surface area contributed by atoms with E-state index in [2.05, 4.69) is 12.2 Å². The fourth-order valence-corrected chi connectivity index (χ4v) is 2.68. The van der Waals surface area contributed by atoms with Gasteiger partial charge in [-0.1, -0.05) is 31.2 Å². The van der Waals surface area contributed by atoms with E-state index in [9.17, 15) is 13.2 Å². The van der Waals surface area contributed by atoms with Crippen molar-refractivity contribution in [1.29, 1.82) is 0 Å². The summed E-state index contributed by atoms with van der Waals surface area (Å²) in [7, 11) is 0. The molecule has 2 aromatic carbocycles. The second kappa shape index (κ2) is 6.89. The van der Waals surface area contributed by atoms with Crippen molar-refractivity contribution in [3.63, 3.8) is 0 Å². The normalized spacial score (nSPS) is 11.4. The van der Waals surface area contributed by atoms with Gasteiger partial charge in [-0.05, 0) is 35.6 Å². The molecule has 0 amide bonds. The van der Waals surface area contributed by atoms with E-state index in [0.29, 0.717) is 6.54 Å². The molecule has 0 saturated carbocycles. The van der Waals surface area contributed by atoms with Crippen LogP contribution in [-0.4, -0.2) is 5.75 Å². The number of nitrogens with one attached hydrogen (secondary N) is 1. The number of para-hydroxylation sites is 1. The van der Waals surface area contributed by atoms with E-state index in [-0.39, 0.29) is 0 Å². The van der Waals surface area contributed by atoms with Crippen LogP contribution >= 0.6 is 11.8 Å². The molecular formula is C16H16F3NS. The van der Waals surface area contributed by atoms with Crippen LogP contribution in [0.5, 0.6) is 0 Å². The van der Waals surface area contributed by atoms with Crippen molar-refractivity contribution >= 4 is 17.4 Å². The first-order valence-electron chi connectivity index (χ1n) is 6.62. The van der Waals surface area contributed by atoms with E-state index in [0.717, 1.165) is 34.0 Å². The lowest BCUT2D eigenvalue weighted by Crippen LogP contribution is -2.05. The van der Waals surface area contributed by atoms with E-state index in [4.69, 9.17) is 0 Å². The fourth-order valence-electron chi connectivity index (χ4n) is 1.90. The van der Waals surface area contributed by atoms with Crippen LogP contribution in [-0.2, 0) is 12.7 Å². The molecule has 2 rings (SSSR count). The third kappa shape index (κ3) is 4.43. The molecule has 5 heteroatoms. The minimum atomic E-state index is -4.28. The van der Waals surface area contributed by atoms with Gasteiger partial charge in [0, 0.05) is 17.1 Å². The van der Waals surface area contributed by atoms with Crippen LogP contribution < -0.4 is 5.32 Å². The van der Waals surface area contributed by atoms with Crippen LogP contribution in [0.3, 0.4) is 0 Å². The summed E-state index contributed by atoms with van der Waals surface area (Å²) in [5.41, 5.74) is 1.21. The van der Waals surface area contributed by atoms with Crippen molar-refractivity contribution in [2.24, 2.45) is 0 Å². The van der Waals surface area contributed by atoms with Gasteiger partial charge >= 0.3 is 6.18 Å². The summed E-state index contributed by atoms with van der Waals surface area (Å²) in [6.07, 6.45) is -4.28. The number of alkyl halides is 3. The van der Waals surface area contributed by atoms with Gasteiger partial charge in [0.15, 0.2) is 0 Å². The Morgan fingerprint density at radius 3 is 2.29 bits per heavy atom. The highest BCUT2D eigenvalue weighted by Crippen LogP contribution is 2.30. The molecule has 112 valence electrons. The van der Waals surface area contributed by atoms with Crippen LogP contribution in [0.15, 0.2) is 53.4 Å². The summed E-state index contributed by atoms with van der Waals surface area (Å²) in [6, 6.07) is 13.2. The minimum absolute atomic E-state index is 0.499. The smallest absolute Gasteiger partial charge is 0.380 e. The van der Waals surface area contributed by atoms with Gasteiger partial charge in [-0.15, -0.1) is 11.8 Å². The summed E-state index contributed by atoms with van der Waals surface area (Å²) in [5, 5.41) is 3.27. The SMILES string of the molecule is CCSc1ccccc1NCc1ccc(C(F)(F)F)cc1. The lowest BCUT2D eigenvalue weighted by Gasteiger charge is -2.12. The quantitative estimate of drug-likeness (QED) is 0.739. The molecule has 0 atom stereocenters. The largest absolute Gasteiger partial charge is 0.416 e. The summed E-state index contributed by atoms with van der Waals surface area (Å²) in [5.74, 6) is 0.971. The Morgan fingerprint density at radius 2 is 1.67 bits per heavy atom. The van der Waals surface area contributed by atoms with E-state index in [1.54, 1.807) is 11.8 Å². The third-order valence-electron chi connectivity index (χ3n) is 2.95. The van der Waals surface area contributed by atoms with Gasteiger partial charge in [0.05, 0.1) is 5.56 Å². The average Bonchev–Trinajstić information content (AvgIpc) is 2.46. The molecule has 0 saturated heterocycles. The van der Waals surface area contributed by atoms with Crippen molar-refractivity contribution in [2.45, 2.75) is 24.5 Å². The second-order valence-corrected chi connectivity index (χ2v) is 5.78. The number of rotatable bonds is 5. The maximum Gasteiger partial charge on any atom is 0.416 e. The van der Waals surface area contributed by atoms with Crippen LogP contribution in [0.25, 0.3) is 0 Å². The van der Waals surface area contributed by atoms with Crippen molar-refractivity contribution in [2.75, 3.05) is 11.1 Å². The zero-order valence-corrected chi connectivity index (χ0v) is 12.4. The van der Waals surface area contributed by atoms with E-state index in [1.807, 2.05) is 24.3 Å². The molecule has 0 aliphatic rings. The lowest BCUT2D eigenvalue weighted by molar-refractivity contribution is -0.137. The number of benzene rings is 2. The number of thioether (sulfide) groups is 1. The molecule has 0 heterocycles. The molecule has 0 aliphatic heterocycles. The number of halogens is 3. The predicted octanol–water partition coefficient (Wildman–Crippen LogP) is 5.43. The first-order chi connectivity index (χ1) is 10.0. The van der Waals surface area contributed by atoms with Crippen LogP contribution in [0.1, 0.15) is 18.1 Å². The molecule has 0 fully saturated rings. The molecule has 2 aromatic rings.